The molecule has 29 heavy (non-hydrogen) atoms. The van der Waals surface area contributed by atoms with Gasteiger partial charge in [-0.15, -0.1) is 0 Å². The number of hydrogen-bond acceptors (Lipinski definition) is 4. The second-order valence-electron chi connectivity index (χ2n) is 7.24. The average molecular weight is 414 g/mol. The molecule has 0 radical (unpaired) electrons. The number of rotatable bonds is 5. The fraction of sp³-hybridized carbons (Fsp3) is 0.333. The lowest BCUT2D eigenvalue weighted by molar-refractivity contribution is -0.917. The van der Waals surface area contributed by atoms with Gasteiger partial charge in [0, 0.05) is 0 Å². The summed E-state index contributed by atoms with van der Waals surface area (Å²) in [5, 5.41) is 12.0. The number of aryl methyl sites for hydroxylation is 1. The van der Waals surface area contributed by atoms with Crippen LogP contribution in [-0.4, -0.2) is 50.9 Å². The molecule has 7 nitrogen and oxygen atoms in total. The fourth-order valence-corrected chi connectivity index (χ4v) is 4.86. The molecule has 2 N–H and O–H groups in total. The zero-order chi connectivity index (χ0) is 21.0. The summed E-state index contributed by atoms with van der Waals surface area (Å²) in [7, 11) is -3.52. The average Bonchev–Trinajstić information content (AvgIpc) is 2.74. The molecule has 1 atom stereocenters. The van der Waals surface area contributed by atoms with Crippen LogP contribution >= 0.6 is 0 Å². The Morgan fingerprint density at radius 3 is 2.38 bits per heavy atom. The molecular formula is C21H25N4O3S+. The maximum absolute atomic E-state index is 12.8. The van der Waals surface area contributed by atoms with Crippen LogP contribution in [0.3, 0.4) is 0 Å². The number of para-hydroxylation sites is 1. The molecule has 0 bridgehead atoms. The highest BCUT2D eigenvalue weighted by Gasteiger charge is 2.34. The molecule has 1 heterocycles. The topological polar surface area (TPSA) is 94.7 Å². The molecule has 2 aromatic carbocycles. The fourth-order valence-electron chi connectivity index (χ4n) is 3.42. The summed E-state index contributed by atoms with van der Waals surface area (Å²) in [6.07, 6.45) is 0. The van der Waals surface area contributed by atoms with Crippen LogP contribution in [0.25, 0.3) is 0 Å². The Morgan fingerprint density at radius 1 is 1.14 bits per heavy atom. The highest BCUT2D eigenvalue weighted by molar-refractivity contribution is 7.89. The second kappa shape index (κ2) is 8.74. The Hall–Kier alpha value is -2.73. The van der Waals surface area contributed by atoms with E-state index in [1.165, 1.54) is 4.31 Å². The van der Waals surface area contributed by atoms with Crippen molar-refractivity contribution >= 4 is 21.6 Å². The minimum absolute atomic E-state index is 0.183. The van der Waals surface area contributed by atoms with E-state index in [4.69, 9.17) is 5.26 Å². The third-order valence-corrected chi connectivity index (χ3v) is 7.25. The van der Waals surface area contributed by atoms with Gasteiger partial charge < -0.3 is 10.2 Å². The van der Waals surface area contributed by atoms with Crippen LogP contribution in [0, 0.1) is 18.3 Å². The standard InChI is InChI=1S/C21H24N4O3S/c1-16-7-9-19(10-8-16)29(27,28)25-13-11-24(12-14-25)17(2)21(26)23-20-6-4-3-5-18(20)15-22/h3-10,17H,11-14H2,1-2H3,(H,23,26)/p+1/t17-/m1/s1. The first-order valence-corrected chi connectivity index (χ1v) is 11.0. The van der Waals surface area contributed by atoms with Crippen molar-refractivity contribution in [2.24, 2.45) is 0 Å². The molecule has 2 aromatic rings. The summed E-state index contributed by atoms with van der Waals surface area (Å²) in [4.78, 5) is 14.0. The van der Waals surface area contributed by atoms with E-state index in [0.29, 0.717) is 42.3 Å². The second-order valence-corrected chi connectivity index (χ2v) is 9.18. The number of nitriles is 1. The van der Waals surface area contributed by atoms with Crippen molar-refractivity contribution in [3.05, 3.63) is 59.7 Å². The van der Waals surface area contributed by atoms with Gasteiger partial charge >= 0.3 is 0 Å². The Kier molecular flexibility index (Phi) is 6.33. The van der Waals surface area contributed by atoms with E-state index in [0.717, 1.165) is 10.5 Å². The summed E-state index contributed by atoms with van der Waals surface area (Å²) < 4.78 is 27.1. The van der Waals surface area contributed by atoms with Gasteiger partial charge in [-0.3, -0.25) is 4.79 Å². The smallest absolute Gasteiger partial charge is 0.282 e. The molecular weight excluding hydrogens is 388 g/mol. The molecule has 0 unspecified atom stereocenters. The molecule has 1 saturated heterocycles. The number of nitrogens with one attached hydrogen (secondary N) is 2. The lowest BCUT2D eigenvalue weighted by Crippen LogP contribution is -3.19. The molecule has 1 aliphatic heterocycles. The highest BCUT2D eigenvalue weighted by Crippen LogP contribution is 2.16. The SMILES string of the molecule is Cc1ccc(S(=O)(=O)N2CC[NH+]([C@H](C)C(=O)Nc3ccccc3C#N)CC2)cc1. The molecule has 0 spiro atoms. The van der Waals surface area contributed by atoms with Gasteiger partial charge in [-0.05, 0) is 38.1 Å². The summed E-state index contributed by atoms with van der Waals surface area (Å²) in [6.45, 7) is 5.54. The number of piperazine rings is 1. The number of carbonyl (C=O) groups excluding carboxylic acids is 1. The van der Waals surface area contributed by atoms with Crippen molar-refractivity contribution in [3.8, 4) is 6.07 Å². The minimum Gasteiger partial charge on any atom is -0.323 e. The highest BCUT2D eigenvalue weighted by atomic mass is 32.2. The molecule has 1 aliphatic rings. The number of sulfonamides is 1. The van der Waals surface area contributed by atoms with Crippen LogP contribution in [0.1, 0.15) is 18.1 Å². The number of hydrogen-bond donors (Lipinski definition) is 2. The maximum Gasteiger partial charge on any atom is 0.282 e. The maximum atomic E-state index is 12.8. The number of benzene rings is 2. The third kappa shape index (κ3) is 4.65. The van der Waals surface area contributed by atoms with Gasteiger partial charge in [0.05, 0.1) is 42.3 Å². The van der Waals surface area contributed by atoms with Gasteiger partial charge in [0.25, 0.3) is 5.91 Å². The summed E-state index contributed by atoms with van der Waals surface area (Å²) in [6, 6.07) is 15.4. The Bertz CT molecular complexity index is 1020. The molecule has 152 valence electrons. The Balaban J connectivity index is 1.62. The number of anilines is 1. The molecule has 1 fully saturated rings. The first-order chi connectivity index (χ1) is 13.8. The van der Waals surface area contributed by atoms with E-state index in [2.05, 4.69) is 11.4 Å². The van der Waals surface area contributed by atoms with E-state index >= 15 is 0 Å². The zero-order valence-corrected chi connectivity index (χ0v) is 17.4. The zero-order valence-electron chi connectivity index (χ0n) is 16.6. The van der Waals surface area contributed by atoms with E-state index in [-0.39, 0.29) is 11.9 Å². The quantitative estimate of drug-likeness (QED) is 0.758. The summed E-state index contributed by atoms with van der Waals surface area (Å²) in [5.74, 6) is -0.183. The van der Waals surface area contributed by atoms with Gasteiger partial charge in [0.15, 0.2) is 6.04 Å². The first-order valence-electron chi connectivity index (χ1n) is 9.54. The van der Waals surface area contributed by atoms with E-state index in [1.54, 1.807) is 48.5 Å². The number of nitrogens with zero attached hydrogens (tertiary/aromatic N) is 2. The minimum atomic E-state index is -3.52. The van der Waals surface area contributed by atoms with E-state index < -0.39 is 10.0 Å². The third-order valence-electron chi connectivity index (χ3n) is 5.33. The predicted molar refractivity (Wildman–Crippen MR) is 110 cm³/mol. The monoisotopic (exact) mass is 413 g/mol. The first kappa shape index (κ1) is 21.0. The van der Waals surface area contributed by atoms with Gasteiger partial charge in [-0.1, -0.05) is 29.8 Å². The van der Waals surface area contributed by atoms with Crippen LogP contribution in [0.15, 0.2) is 53.4 Å². The van der Waals surface area contributed by atoms with E-state index in [9.17, 15) is 13.2 Å². The molecule has 0 aromatic heterocycles. The molecule has 8 heteroatoms. The van der Waals surface area contributed by atoms with Gasteiger partial charge in [-0.2, -0.15) is 9.57 Å². The van der Waals surface area contributed by atoms with Crippen molar-refractivity contribution in [1.29, 1.82) is 5.26 Å². The Morgan fingerprint density at radius 2 is 1.76 bits per heavy atom. The lowest BCUT2D eigenvalue weighted by atomic mass is 10.1. The van der Waals surface area contributed by atoms with Gasteiger partial charge in [0.1, 0.15) is 6.07 Å². The van der Waals surface area contributed by atoms with Crippen molar-refractivity contribution in [2.75, 3.05) is 31.5 Å². The van der Waals surface area contributed by atoms with Gasteiger partial charge in [0.2, 0.25) is 10.0 Å². The van der Waals surface area contributed by atoms with Crippen LogP contribution in [0.5, 0.6) is 0 Å². The molecule has 1 amide bonds. The Labute approximate surface area is 171 Å². The number of carbonyl (C=O) groups is 1. The number of quaternary nitrogens is 1. The predicted octanol–water partition coefficient (Wildman–Crippen LogP) is 0.783. The van der Waals surface area contributed by atoms with E-state index in [1.807, 2.05) is 13.8 Å². The van der Waals surface area contributed by atoms with Gasteiger partial charge in [-0.25, -0.2) is 8.42 Å². The van der Waals surface area contributed by atoms with Crippen LogP contribution in [0.4, 0.5) is 5.69 Å². The van der Waals surface area contributed by atoms with Crippen molar-refractivity contribution in [2.45, 2.75) is 24.8 Å². The molecule has 0 aliphatic carbocycles. The van der Waals surface area contributed by atoms with Crippen molar-refractivity contribution in [1.82, 2.24) is 4.31 Å². The van der Waals surface area contributed by atoms with Crippen molar-refractivity contribution < 1.29 is 18.1 Å². The largest absolute Gasteiger partial charge is 0.323 e. The van der Waals surface area contributed by atoms with Crippen LogP contribution < -0.4 is 10.2 Å². The van der Waals surface area contributed by atoms with Crippen molar-refractivity contribution in [3.63, 3.8) is 0 Å². The molecule has 0 saturated carbocycles. The van der Waals surface area contributed by atoms with Crippen LogP contribution in [0.2, 0.25) is 0 Å². The normalized spacial score (nSPS) is 16.7. The number of amides is 1. The summed E-state index contributed by atoms with van der Waals surface area (Å²) in [5.41, 5.74) is 1.92. The molecule has 3 rings (SSSR count). The summed E-state index contributed by atoms with van der Waals surface area (Å²) >= 11 is 0. The lowest BCUT2D eigenvalue weighted by Gasteiger charge is -2.34. The van der Waals surface area contributed by atoms with Crippen LogP contribution in [-0.2, 0) is 14.8 Å².